The van der Waals surface area contributed by atoms with Crippen LogP contribution in [0.3, 0.4) is 0 Å². The predicted octanol–water partition coefficient (Wildman–Crippen LogP) is 13.9. The minimum absolute atomic E-state index is 0.659. The minimum atomic E-state index is 0.659. The number of thiophene rings is 1. The molecule has 0 bridgehead atoms. The van der Waals surface area contributed by atoms with Gasteiger partial charge in [-0.2, -0.15) is 0 Å². The van der Waals surface area contributed by atoms with Crippen molar-refractivity contribution in [2.45, 2.75) is 0 Å². The van der Waals surface area contributed by atoms with Crippen molar-refractivity contribution < 1.29 is 0 Å². The second kappa shape index (κ2) is 11.3. The van der Waals surface area contributed by atoms with Crippen molar-refractivity contribution >= 4 is 96.5 Å². The van der Waals surface area contributed by atoms with Gasteiger partial charge >= 0.3 is 0 Å². The molecule has 0 aliphatic heterocycles. The Labute approximate surface area is 314 Å². The quantitative estimate of drug-likeness (QED) is 0.183. The van der Waals surface area contributed by atoms with Gasteiger partial charge < -0.3 is 0 Å². The minimum Gasteiger partial charge on any atom is -0.277 e. The number of rotatable bonds is 3. The van der Waals surface area contributed by atoms with E-state index in [2.05, 4.69) is 180 Å². The van der Waals surface area contributed by atoms with E-state index < -0.39 is 0 Å². The highest BCUT2D eigenvalue weighted by Gasteiger charge is 2.24. The van der Waals surface area contributed by atoms with Crippen LogP contribution in [-0.2, 0) is 0 Å². The van der Waals surface area contributed by atoms with Crippen molar-refractivity contribution in [2.24, 2.45) is 0 Å². The van der Waals surface area contributed by atoms with E-state index in [1.807, 2.05) is 11.3 Å². The summed E-state index contributed by atoms with van der Waals surface area (Å²) in [6, 6.07) is 63.7. The SMILES string of the molecule is c1ccc2cc(-c3nc(-n4c5c(-c6ccc7sc8ccccc8c7c6)c6ccccc6cc5c5ccc6ccccc6c54)nc4ccccc34)ccc2c1. The maximum Gasteiger partial charge on any atom is 0.235 e. The first-order chi connectivity index (χ1) is 26.8. The number of benzene rings is 9. The average molecular weight is 704 g/mol. The smallest absolute Gasteiger partial charge is 0.235 e. The van der Waals surface area contributed by atoms with E-state index in [0.717, 1.165) is 33.2 Å². The first kappa shape index (κ1) is 29.7. The second-order valence-corrected chi connectivity index (χ2v) is 15.2. The molecule has 0 saturated heterocycles. The maximum absolute atomic E-state index is 5.58. The molecule has 0 unspecified atom stereocenters. The van der Waals surface area contributed by atoms with Gasteiger partial charge in [-0.1, -0.05) is 140 Å². The summed E-state index contributed by atoms with van der Waals surface area (Å²) in [6.07, 6.45) is 0. The lowest BCUT2D eigenvalue weighted by atomic mass is 9.94. The molecule has 3 heterocycles. The van der Waals surface area contributed by atoms with E-state index in [1.165, 1.54) is 74.4 Å². The first-order valence-electron chi connectivity index (χ1n) is 18.3. The van der Waals surface area contributed by atoms with Crippen molar-refractivity contribution in [1.82, 2.24) is 14.5 Å². The molecule has 0 spiro atoms. The molecule has 0 radical (unpaired) electrons. The highest BCUT2D eigenvalue weighted by molar-refractivity contribution is 7.25. The molecule has 9 aromatic carbocycles. The number of aromatic nitrogens is 3. The Morgan fingerprint density at radius 2 is 1.04 bits per heavy atom. The van der Waals surface area contributed by atoms with Crippen LogP contribution in [0.15, 0.2) is 176 Å². The van der Waals surface area contributed by atoms with Crippen LogP contribution in [0.2, 0.25) is 0 Å². The Morgan fingerprint density at radius 1 is 0.370 bits per heavy atom. The summed E-state index contributed by atoms with van der Waals surface area (Å²) in [6.45, 7) is 0. The lowest BCUT2D eigenvalue weighted by molar-refractivity contribution is 1.02. The van der Waals surface area contributed by atoms with Gasteiger partial charge in [0, 0.05) is 52.8 Å². The van der Waals surface area contributed by atoms with Crippen molar-refractivity contribution in [1.29, 1.82) is 0 Å². The van der Waals surface area contributed by atoms with E-state index in [1.54, 1.807) is 0 Å². The van der Waals surface area contributed by atoms with Crippen molar-refractivity contribution in [2.75, 3.05) is 0 Å². The van der Waals surface area contributed by atoms with E-state index >= 15 is 0 Å². The van der Waals surface area contributed by atoms with Crippen LogP contribution in [0.4, 0.5) is 0 Å². The van der Waals surface area contributed by atoms with Gasteiger partial charge in [-0.25, -0.2) is 9.97 Å². The molecule has 0 aliphatic rings. The summed E-state index contributed by atoms with van der Waals surface area (Å²) in [5, 5.41) is 13.1. The summed E-state index contributed by atoms with van der Waals surface area (Å²) in [5.74, 6) is 0.659. The van der Waals surface area contributed by atoms with Crippen molar-refractivity contribution in [3.05, 3.63) is 176 Å². The van der Waals surface area contributed by atoms with Gasteiger partial charge in [0.05, 0.1) is 22.2 Å². The maximum atomic E-state index is 5.58. The molecular formula is C50H29N3S. The fraction of sp³-hybridized carbons (Fsp3) is 0. The molecule has 0 atom stereocenters. The molecule has 3 nitrogen and oxygen atoms in total. The third kappa shape index (κ3) is 4.29. The highest BCUT2D eigenvalue weighted by atomic mass is 32.1. The van der Waals surface area contributed by atoms with Gasteiger partial charge in [0.25, 0.3) is 0 Å². The van der Waals surface area contributed by atoms with Crippen molar-refractivity contribution in [3.63, 3.8) is 0 Å². The number of hydrogen-bond acceptors (Lipinski definition) is 3. The molecule has 0 fully saturated rings. The second-order valence-electron chi connectivity index (χ2n) is 14.1. The molecule has 0 aliphatic carbocycles. The van der Waals surface area contributed by atoms with E-state index in [-0.39, 0.29) is 0 Å². The van der Waals surface area contributed by atoms with Gasteiger partial charge in [0.2, 0.25) is 5.95 Å². The zero-order chi connectivity index (χ0) is 35.3. The van der Waals surface area contributed by atoms with Crippen LogP contribution >= 0.6 is 11.3 Å². The normalized spacial score (nSPS) is 12.1. The molecule has 54 heavy (non-hydrogen) atoms. The van der Waals surface area contributed by atoms with Gasteiger partial charge in [-0.3, -0.25) is 4.57 Å². The molecule has 250 valence electrons. The molecule has 0 N–H and O–H groups in total. The third-order valence-electron chi connectivity index (χ3n) is 11.1. The highest BCUT2D eigenvalue weighted by Crippen LogP contribution is 2.46. The van der Waals surface area contributed by atoms with E-state index in [4.69, 9.17) is 9.97 Å². The Balaban J connectivity index is 1.27. The van der Waals surface area contributed by atoms with E-state index in [0.29, 0.717) is 5.95 Å². The summed E-state index contributed by atoms with van der Waals surface area (Å²) in [7, 11) is 0. The largest absolute Gasteiger partial charge is 0.277 e. The van der Waals surface area contributed by atoms with Crippen LogP contribution in [0.1, 0.15) is 0 Å². The fourth-order valence-corrected chi connectivity index (χ4v) is 9.78. The summed E-state index contributed by atoms with van der Waals surface area (Å²) in [4.78, 5) is 11.0. The number of hydrogen-bond donors (Lipinski definition) is 0. The van der Waals surface area contributed by atoms with Crippen LogP contribution in [0.25, 0.3) is 114 Å². The Kier molecular flexibility index (Phi) is 6.21. The Hall–Kier alpha value is -6.88. The third-order valence-corrected chi connectivity index (χ3v) is 12.3. The standard InChI is InChI=1S/C50H29N3S/c1-2-13-32-27-35(22-21-30(32)11-1)47-40-18-7-9-19-43(40)51-50(52-47)53-48-37-16-6-3-12-31(37)23-25-39(48)42-28-33-14-4-5-15-36(33)46(49(42)53)34-24-26-45-41(29-34)38-17-8-10-20-44(38)54-45/h1-29H. The summed E-state index contributed by atoms with van der Waals surface area (Å²) in [5.41, 5.74) is 7.49. The predicted molar refractivity (Wildman–Crippen MR) is 230 cm³/mol. The molecule has 4 heteroatoms. The molecular weight excluding hydrogens is 675 g/mol. The van der Waals surface area contributed by atoms with Gasteiger partial charge in [0.15, 0.2) is 0 Å². The monoisotopic (exact) mass is 703 g/mol. The van der Waals surface area contributed by atoms with Crippen LogP contribution in [0, 0.1) is 0 Å². The number of fused-ring (bicyclic) bond motifs is 11. The van der Waals surface area contributed by atoms with Crippen LogP contribution in [0.5, 0.6) is 0 Å². The summed E-state index contributed by atoms with van der Waals surface area (Å²) >= 11 is 1.85. The first-order valence-corrected chi connectivity index (χ1v) is 19.1. The van der Waals surface area contributed by atoms with Crippen molar-refractivity contribution in [3.8, 4) is 28.3 Å². The van der Waals surface area contributed by atoms with Crippen LogP contribution < -0.4 is 0 Å². The number of para-hydroxylation sites is 1. The molecule has 0 saturated carbocycles. The Morgan fingerprint density at radius 3 is 1.93 bits per heavy atom. The fourth-order valence-electron chi connectivity index (χ4n) is 8.69. The number of nitrogens with zero attached hydrogens (tertiary/aromatic N) is 3. The summed E-state index contributed by atoms with van der Waals surface area (Å²) < 4.78 is 4.96. The topological polar surface area (TPSA) is 30.7 Å². The van der Waals surface area contributed by atoms with E-state index in [9.17, 15) is 0 Å². The lowest BCUT2D eigenvalue weighted by Gasteiger charge is -2.16. The molecule has 0 amide bonds. The lowest BCUT2D eigenvalue weighted by Crippen LogP contribution is -2.04. The molecule has 12 rings (SSSR count). The van der Waals surface area contributed by atoms with Gasteiger partial charge in [-0.05, 0) is 68.9 Å². The molecule has 3 aromatic heterocycles. The average Bonchev–Trinajstić information content (AvgIpc) is 3.77. The zero-order valence-electron chi connectivity index (χ0n) is 29.0. The van der Waals surface area contributed by atoms with Gasteiger partial charge in [-0.15, -0.1) is 11.3 Å². The zero-order valence-corrected chi connectivity index (χ0v) is 29.8. The Bertz CT molecular complexity index is 3520. The van der Waals surface area contributed by atoms with Gasteiger partial charge in [0.1, 0.15) is 0 Å². The van der Waals surface area contributed by atoms with Crippen LogP contribution in [-0.4, -0.2) is 14.5 Å². The molecule has 12 aromatic rings.